The number of thiazole rings is 1. The second-order valence-corrected chi connectivity index (χ2v) is 9.44. The fourth-order valence-corrected chi connectivity index (χ4v) is 4.64. The third-order valence-corrected chi connectivity index (χ3v) is 6.69. The van der Waals surface area contributed by atoms with E-state index in [1.165, 1.54) is 23.1 Å². The van der Waals surface area contributed by atoms with E-state index in [9.17, 15) is 9.59 Å². The first-order valence-corrected chi connectivity index (χ1v) is 12.4. The molecular formula is C22H28N6O3S2. The number of hydrogen-bond donors (Lipinski definition) is 2. The van der Waals surface area contributed by atoms with E-state index >= 15 is 0 Å². The molecule has 2 N–H and O–H groups in total. The van der Waals surface area contributed by atoms with Crippen molar-refractivity contribution in [3.8, 4) is 5.75 Å². The molecule has 3 rings (SSSR count). The maximum Gasteiger partial charge on any atom is 0.251 e. The molecule has 0 fully saturated rings. The summed E-state index contributed by atoms with van der Waals surface area (Å²) >= 11 is 2.69. The van der Waals surface area contributed by atoms with Crippen LogP contribution in [0.3, 0.4) is 0 Å². The summed E-state index contributed by atoms with van der Waals surface area (Å²) in [6.07, 6.45) is 0. The number of thioether (sulfide) groups is 1. The number of rotatable bonds is 10. The summed E-state index contributed by atoms with van der Waals surface area (Å²) in [4.78, 5) is 29.4. The van der Waals surface area contributed by atoms with E-state index in [1.807, 2.05) is 37.6 Å². The van der Waals surface area contributed by atoms with E-state index in [0.717, 1.165) is 5.69 Å². The van der Waals surface area contributed by atoms with Gasteiger partial charge in [0.25, 0.3) is 5.91 Å². The van der Waals surface area contributed by atoms with Gasteiger partial charge in [0.1, 0.15) is 5.75 Å². The van der Waals surface area contributed by atoms with Crippen LogP contribution in [-0.4, -0.2) is 44.4 Å². The van der Waals surface area contributed by atoms with Crippen LogP contribution in [0.5, 0.6) is 5.75 Å². The van der Waals surface area contributed by atoms with Crippen molar-refractivity contribution in [2.24, 2.45) is 5.92 Å². The molecule has 0 saturated heterocycles. The fourth-order valence-electron chi connectivity index (χ4n) is 3.13. The molecule has 3 aromatic rings. The predicted octanol–water partition coefficient (Wildman–Crippen LogP) is 3.93. The molecule has 0 spiro atoms. The van der Waals surface area contributed by atoms with Crippen LogP contribution in [0.2, 0.25) is 0 Å². The molecule has 1 aromatic carbocycles. The van der Waals surface area contributed by atoms with Gasteiger partial charge in [0.2, 0.25) is 5.91 Å². The van der Waals surface area contributed by atoms with Crippen LogP contribution >= 0.6 is 23.1 Å². The lowest BCUT2D eigenvalue weighted by Gasteiger charge is -2.22. The van der Waals surface area contributed by atoms with Crippen molar-refractivity contribution in [3.05, 3.63) is 46.7 Å². The van der Waals surface area contributed by atoms with Gasteiger partial charge < -0.3 is 19.9 Å². The summed E-state index contributed by atoms with van der Waals surface area (Å²) in [5.74, 6) is 1.25. The Kier molecular flexibility index (Phi) is 8.45. The third-order valence-electron chi connectivity index (χ3n) is 4.84. The van der Waals surface area contributed by atoms with Gasteiger partial charge in [0.15, 0.2) is 16.1 Å². The molecule has 0 aliphatic carbocycles. The minimum absolute atomic E-state index is 0.0796. The highest BCUT2D eigenvalue weighted by molar-refractivity contribution is 7.99. The van der Waals surface area contributed by atoms with Crippen molar-refractivity contribution >= 4 is 40.0 Å². The van der Waals surface area contributed by atoms with Crippen molar-refractivity contribution in [2.75, 3.05) is 18.2 Å². The Balaban J connectivity index is 1.70. The first-order chi connectivity index (χ1) is 15.8. The molecule has 9 nitrogen and oxygen atoms in total. The number of aryl methyl sites for hydroxylation is 1. The number of anilines is 1. The number of nitrogens with one attached hydrogen (secondary N) is 2. The molecule has 1 unspecified atom stereocenters. The maximum absolute atomic E-state index is 12.9. The normalized spacial score (nSPS) is 11.9. The van der Waals surface area contributed by atoms with E-state index < -0.39 is 0 Å². The van der Waals surface area contributed by atoms with Gasteiger partial charge in [0, 0.05) is 17.5 Å². The predicted molar refractivity (Wildman–Crippen MR) is 130 cm³/mol. The minimum atomic E-state index is -0.339. The lowest BCUT2D eigenvalue weighted by molar-refractivity contribution is -0.113. The highest BCUT2D eigenvalue weighted by Gasteiger charge is 2.26. The summed E-state index contributed by atoms with van der Waals surface area (Å²) in [5.41, 5.74) is 1.41. The molecule has 0 bridgehead atoms. The topological polar surface area (TPSA) is 111 Å². The third kappa shape index (κ3) is 6.32. The minimum Gasteiger partial charge on any atom is -0.497 e. The van der Waals surface area contributed by atoms with Crippen molar-refractivity contribution in [1.29, 1.82) is 0 Å². The number of benzene rings is 1. The average Bonchev–Trinajstić information content (AvgIpc) is 3.40. The first kappa shape index (κ1) is 24.7. The lowest BCUT2D eigenvalue weighted by Crippen LogP contribution is -2.33. The number of amides is 2. The van der Waals surface area contributed by atoms with Crippen molar-refractivity contribution in [1.82, 2.24) is 25.1 Å². The number of aromatic nitrogens is 4. The summed E-state index contributed by atoms with van der Waals surface area (Å²) < 4.78 is 7.09. The van der Waals surface area contributed by atoms with Gasteiger partial charge in [-0.05, 0) is 44.0 Å². The molecule has 1 atom stereocenters. The van der Waals surface area contributed by atoms with Gasteiger partial charge in [-0.1, -0.05) is 25.6 Å². The van der Waals surface area contributed by atoms with E-state index in [-0.39, 0.29) is 29.5 Å². The molecule has 0 radical (unpaired) electrons. The molecule has 2 heterocycles. The molecule has 176 valence electrons. The molecule has 2 amide bonds. The Labute approximate surface area is 201 Å². The Morgan fingerprint density at radius 2 is 1.94 bits per heavy atom. The first-order valence-electron chi connectivity index (χ1n) is 10.5. The number of nitrogens with zero attached hydrogens (tertiary/aromatic N) is 4. The second-order valence-electron chi connectivity index (χ2n) is 7.64. The van der Waals surface area contributed by atoms with Crippen LogP contribution in [-0.2, 0) is 11.3 Å². The highest BCUT2D eigenvalue weighted by Crippen LogP contribution is 2.26. The van der Waals surface area contributed by atoms with Crippen LogP contribution in [0, 0.1) is 12.8 Å². The smallest absolute Gasteiger partial charge is 0.251 e. The summed E-state index contributed by atoms with van der Waals surface area (Å²) in [6, 6.07) is 6.61. The quantitative estimate of drug-likeness (QED) is 0.416. The van der Waals surface area contributed by atoms with Gasteiger partial charge >= 0.3 is 0 Å². The molecule has 33 heavy (non-hydrogen) atoms. The molecule has 11 heteroatoms. The van der Waals surface area contributed by atoms with Gasteiger partial charge in [-0.15, -0.1) is 21.5 Å². The van der Waals surface area contributed by atoms with Crippen molar-refractivity contribution in [3.63, 3.8) is 0 Å². The van der Waals surface area contributed by atoms with Gasteiger partial charge in [-0.3, -0.25) is 9.59 Å². The zero-order valence-electron chi connectivity index (χ0n) is 19.3. The monoisotopic (exact) mass is 488 g/mol. The summed E-state index contributed by atoms with van der Waals surface area (Å²) in [6.45, 7) is 8.51. The second kappa shape index (κ2) is 11.3. The molecular weight excluding hydrogens is 460 g/mol. The number of hydrogen-bond acceptors (Lipinski definition) is 8. The molecule has 0 aliphatic rings. The largest absolute Gasteiger partial charge is 0.497 e. The lowest BCUT2D eigenvalue weighted by atomic mass is 10.0. The van der Waals surface area contributed by atoms with Crippen molar-refractivity contribution in [2.45, 2.75) is 45.4 Å². The highest BCUT2D eigenvalue weighted by atomic mass is 32.2. The zero-order chi connectivity index (χ0) is 24.0. The molecule has 0 saturated carbocycles. The van der Waals surface area contributed by atoms with Crippen molar-refractivity contribution < 1.29 is 14.3 Å². The van der Waals surface area contributed by atoms with Gasteiger partial charge in [0.05, 0.1) is 24.6 Å². The molecule has 2 aromatic heterocycles. The standard InChI is InChI=1S/C22H28N6O3S2/c1-6-28-19(18(13(2)3)25-20(30)15-7-9-16(31-5)10-8-15)26-27-22(28)33-12-17(29)24-21-23-14(4)11-32-21/h7-11,13,18H,6,12H2,1-5H3,(H,25,30)(H,23,24,29). The zero-order valence-corrected chi connectivity index (χ0v) is 20.9. The summed E-state index contributed by atoms with van der Waals surface area (Å²) in [7, 11) is 1.58. The summed E-state index contributed by atoms with van der Waals surface area (Å²) in [5, 5.41) is 17.6. The van der Waals surface area contributed by atoms with Crippen LogP contribution in [0.25, 0.3) is 0 Å². The van der Waals surface area contributed by atoms with E-state index in [1.54, 1.807) is 31.4 Å². The van der Waals surface area contributed by atoms with Crippen LogP contribution in [0.1, 0.15) is 48.7 Å². The maximum atomic E-state index is 12.9. The number of carbonyl (C=O) groups is 2. The number of carbonyl (C=O) groups excluding carboxylic acids is 2. The SMILES string of the molecule is CCn1c(SCC(=O)Nc2nc(C)cs2)nnc1C(NC(=O)c1ccc(OC)cc1)C(C)C. The molecule has 0 aliphatic heterocycles. The van der Waals surface area contributed by atoms with E-state index in [0.29, 0.717) is 34.0 Å². The number of methoxy groups -OCH3 is 1. The number of ether oxygens (including phenoxy) is 1. The average molecular weight is 489 g/mol. The van der Waals surface area contributed by atoms with Crippen LogP contribution in [0.15, 0.2) is 34.8 Å². The Morgan fingerprint density at radius 1 is 1.21 bits per heavy atom. The van der Waals surface area contributed by atoms with Crippen LogP contribution < -0.4 is 15.4 Å². The fraction of sp³-hybridized carbons (Fsp3) is 0.409. The van der Waals surface area contributed by atoms with Gasteiger partial charge in [-0.2, -0.15) is 0 Å². The van der Waals surface area contributed by atoms with Crippen LogP contribution in [0.4, 0.5) is 5.13 Å². The Morgan fingerprint density at radius 3 is 2.52 bits per heavy atom. The Hall–Kier alpha value is -2.92. The van der Waals surface area contributed by atoms with E-state index in [4.69, 9.17) is 4.74 Å². The van der Waals surface area contributed by atoms with Gasteiger partial charge in [-0.25, -0.2) is 4.98 Å². The van der Waals surface area contributed by atoms with E-state index in [2.05, 4.69) is 25.8 Å². The Bertz CT molecular complexity index is 1090.